The number of hydrogen-bond donors (Lipinski definition) is 3. The number of benzene rings is 1. The molecule has 90 valence electrons. The van der Waals surface area contributed by atoms with Gasteiger partial charge in [0.15, 0.2) is 0 Å². The summed E-state index contributed by atoms with van der Waals surface area (Å²) in [5, 5.41) is 9.68. The molecule has 1 aromatic rings. The fraction of sp³-hybridized carbons (Fsp3) is 0.300. The first kappa shape index (κ1) is 14.5. The summed E-state index contributed by atoms with van der Waals surface area (Å²) in [7, 11) is 1.24. The fourth-order valence-electron chi connectivity index (χ4n) is 1.36. The van der Waals surface area contributed by atoms with Crippen LogP contribution in [0.4, 0.5) is 5.69 Å². The third-order valence-corrected chi connectivity index (χ3v) is 2.23. The van der Waals surface area contributed by atoms with Crippen LogP contribution in [0.1, 0.15) is 17.2 Å². The first-order valence-electron chi connectivity index (χ1n) is 4.40. The maximum absolute atomic E-state index is 11.2. The standard InChI is InChI=1S/C10H14N2O3.ClH/c1-5-3-4-6(11)9(13)7(5)8(12)10(14)15-2;/h3-4,8,13H,11-12H2,1-2H3;1H/t8-;/m0./s1. The summed E-state index contributed by atoms with van der Waals surface area (Å²) < 4.78 is 4.50. The number of anilines is 1. The van der Waals surface area contributed by atoms with E-state index in [1.807, 2.05) is 0 Å². The zero-order valence-corrected chi connectivity index (χ0v) is 9.88. The zero-order valence-electron chi connectivity index (χ0n) is 9.06. The Hall–Kier alpha value is -1.46. The molecule has 5 nitrogen and oxygen atoms in total. The van der Waals surface area contributed by atoms with Crippen molar-refractivity contribution in [3.63, 3.8) is 0 Å². The monoisotopic (exact) mass is 246 g/mol. The van der Waals surface area contributed by atoms with Crippen molar-refractivity contribution in [2.75, 3.05) is 12.8 Å². The van der Waals surface area contributed by atoms with Gasteiger partial charge in [-0.1, -0.05) is 6.07 Å². The highest BCUT2D eigenvalue weighted by atomic mass is 35.5. The van der Waals surface area contributed by atoms with Crippen molar-refractivity contribution in [2.45, 2.75) is 13.0 Å². The van der Waals surface area contributed by atoms with Crippen LogP contribution in [0.2, 0.25) is 0 Å². The summed E-state index contributed by atoms with van der Waals surface area (Å²) >= 11 is 0. The maximum atomic E-state index is 11.2. The molecule has 1 aromatic carbocycles. The van der Waals surface area contributed by atoms with Crippen LogP contribution in [0, 0.1) is 6.92 Å². The van der Waals surface area contributed by atoms with Gasteiger partial charge < -0.3 is 21.3 Å². The van der Waals surface area contributed by atoms with E-state index in [-0.39, 0.29) is 23.8 Å². The van der Waals surface area contributed by atoms with E-state index >= 15 is 0 Å². The summed E-state index contributed by atoms with van der Waals surface area (Å²) in [6, 6.07) is 2.23. The van der Waals surface area contributed by atoms with E-state index in [1.165, 1.54) is 7.11 Å². The Morgan fingerprint density at radius 3 is 2.56 bits per heavy atom. The molecule has 0 radical (unpaired) electrons. The molecule has 1 rings (SSSR count). The SMILES string of the molecule is COC(=O)[C@@H](N)c1c(C)ccc(N)c1O.Cl. The molecule has 0 saturated carbocycles. The lowest BCUT2D eigenvalue weighted by Gasteiger charge is -2.15. The van der Waals surface area contributed by atoms with E-state index in [4.69, 9.17) is 11.5 Å². The molecule has 0 amide bonds. The van der Waals surface area contributed by atoms with E-state index in [9.17, 15) is 9.90 Å². The highest BCUT2D eigenvalue weighted by Gasteiger charge is 2.22. The molecule has 0 spiro atoms. The van der Waals surface area contributed by atoms with Crippen LogP contribution in [0.25, 0.3) is 0 Å². The number of halogens is 1. The summed E-state index contributed by atoms with van der Waals surface area (Å²) in [5.74, 6) is -0.771. The number of aryl methyl sites for hydroxylation is 1. The number of aromatic hydroxyl groups is 1. The first-order chi connectivity index (χ1) is 6.99. The van der Waals surface area contributed by atoms with E-state index in [0.717, 1.165) is 0 Å². The minimum Gasteiger partial charge on any atom is -0.505 e. The van der Waals surface area contributed by atoms with E-state index in [2.05, 4.69) is 4.74 Å². The number of esters is 1. The van der Waals surface area contributed by atoms with Gasteiger partial charge in [0, 0.05) is 5.56 Å². The highest BCUT2D eigenvalue weighted by Crippen LogP contribution is 2.32. The first-order valence-corrected chi connectivity index (χ1v) is 4.40. The van der Waals surface area contributed by atoms with Crippen molar-refractivity contribution >= 4 is 24.1 Å². The molecule has 0 aromatic heterocycles. The topological polar surface area (TPSA) is 98.6 Å². The predicted molar refractivity (Wildman–Crippen MR) is 63.4 cm³/mol. The lowest BCUT2D eigenvalue weighted by molar-refractivity contribution is -0.142. The molecule has 0 aliphatic rings. The Bertz CT molecular complexity index is 396. The maximum Gasteiger partial charge on any atom is 0.327 e. The number of nitrogens with two attached hydrogens (primary N) is 2. The van der Waals surface area contributed by atoms with Crippen LogP contribution >= 0.6 is 12.4 Å². The van der Waals surface area contributed by atoms with E-state index in [0.29, 0.717) is 11.1 Å². The number of phenolic OH excluding ortho intramolecular Hbond substituents is 1. The third kappa shape index (κ3) is 2.56. The number of carbonyl (C=O) groups excluding carboxylic acids is 1. The molecule has 16 heavy (non-hydrogen) atoms. The molecule has 0 bridgehead atoms. The second kappa shape index (κ2) is 5.58. The average Bonchev–Trinajstić information content (AvgIpc) is 2.22. The van der Waals surface area contributed by atoms with Gasteiger partial charge in [-0.3, -0.25) is 4.79 Å². The van der Waals surface area contributed by atoms with Gasteiger partial charge in [0.1, 0.15) is 11.8 Å². The van der Waals surface area contributed by atoms with E-state index < -0.39 is 12.0 Å². The van der Waals surface area contributed by atoms with Gasteiger partial charge >= 0.3 is 5.97 Å². The number of phenols is 1. The van der Waals surface area contributed by atoms with Crippen LogP contribution in [0.3, 0.4) is 0 Å². The second-order valence-electron chi connectivity index (χ2n) is 3.23. The number of ether oxygens (including phenoxy) is 1. The minimum absolute atomic E-state index is 0. The highest BCUT2D eigenvalue weighted by molar-refractivity contribution is 5.85. The van der Waals surface area contributed by atoms with Crippen molar-refractivity contribution in [1.29, 1.82) is 0 Å². The zero-order chi connectivity index (χ0) is 11.6. The largest absolute Gasteiger partial charge is 0.505 e. The number of methoxy groups -OCH3 is 1. The van der Waals surface area contributed by atoms with Gasteiger partial charge in [-0.2, -0.15) is 0 Å². The van der Waals surface area contributed by atoms with Gasteiger partial charge in [-0.05, 0) is 18.6 Å². The Morgan fingerprint density at radius 1 is 1.50 bits per heavy atom. The summed E-state index contributed by atoms with van der Waals surface area (Å²) in [5.41, 5.74) is 12.3. The van der Waals surface area contributed by atoms with Crippen molar-refractivity contribution in [3.05, 3.63) is 23.3 Å². The van der Waals surface area contributed by atoms with Gasteiger partial charge in [-0.15, -0.1) is 12.4 Å². The molecule has 0 unspecified atom stereocenters. The predicted octanol–water partition coefficient (Wildman–Crippen LogP) is 0.877. The van der Waals surface area contributed by atoms with Gasteiger partial charge in [0.05, 0.1) is 12.8 Å². The summed E-state index contributed by atoms with van der Waals surface area (Å²) in [4.78, 5) is 11.2. The molecule has 0 aliphatic heterocycles. The van der Waals surface area contributed by atoms with E-state index in [1.54, 1.807) is 19.1 Å². The van der Waals surface area contributed by atoms with Crippen LogP contribution in [-0.4, -0.2) is 18.2 Å². The minimum atomic E-state index is -1.02. The Kier molecular flexibility index (Phi) is 5.07. The smallest absolute Gasteiger partial charge is 0.327 e. The van der Waals surface area contributed by atoms with Gasteiger partial charge in [-0.25, -0.2) is 0 Å². The Balaban J connectivity index is 0.00000225. The molecular formula is C10H15ClN2O3. The molecule has 0 fully saturated rings. The number of hydrogen-bond acceptors (Lipinski definition) is 5. The molecule has 0 saturated heterocycles. The lowest BCUT2D eigenvalue weighted by Crippen LogP contribution is -2.23. The molecule has 6 heteroatoms. The van der Waals surface area contributed by atoms with Crippen molar-refractivity contribution in [2.24, 2.45) is 5.73 Å². The fourth-order valence-corrected chi connectivity index (χ4v) is 1.36. The third-order valence-electron chi connectivity index (χ3n) is 2.23. The quantitative estimate of drug-likeness (QED) is 0.409. The molecule has 5 N–H and O–H groups in total. The number of carbonyl (C=O) groups is 1. The average molecular weight is 247 g/mol. The summed E-state index contributed by atoms with van der Waals surface area (Å²) in [6.07, 6.45) is 0. The Labute approximate surface area is 99.8 Å². The van der Waals surface area contributed by atoms with Crippen LogP contribution in [0.15, 0.2) is 12.1 Å². The molecular weight excluding hydrogens is 232 g/mol. The van der Waals surface area contributed by atoms with Crippen LogP contribution in [0.5, 0.6) is 5.75 Å². The number of rotatable bonds is 2. The van der Waals surface area contributed by atoms with Crippen molar-refractivity contribution in [3.8, 4) is 5.75 Å². The molecule has 1 atom stereocenters. The summed E-state index contributed by atoms with van der Waals surface area (Å²) in [6.45, 7) is 1.73. The number of nitrogen functional groups attached to an aromatic ring is 1. The Morgan fingerprint density at radius 2 is 2.06 bits per heavy atom. The normalized spacial score (nSPS) is 11.4. The molecule has 0 aliphatic carbocycles. The second-order valence-corrected chi connectivity index (χ2v) is 3.23. The van der Waals surface area contributed by atoms with Gasteiger partial charge in [0.25, 0.3) is 0 Å². The van der Waals surface area contributed by atoms with Crippen LogP contribution in [-0.2, 0) is 9.53 Å². The van der Waals surface area contributed by atoms with Crippen molar-refractivity contribution < 1.29 is 14.6 Å². The molecule has 0 heterocycles. The van der Waals surface area contributed by atoms with Crippen LogP contribution < -0.4 is 11.5 Å². The van der Waals surface area contributed by atoms with Crippen molar-refractivity contribution in [1.82, 2.24) is 0 Å². The van der Waals surface area contributed by atoms with Gasteiger partial charge in [0.2, 0.25) is 0 Å². The lowest BCUT2D eigenvalue weighted by atomic mass is 10.00.